The van der Waals surface area contributed by atoms with Crippen LogP contribution in [0.15, 0.2) is 36.4 Å². The lowest BCUT2D eigenvalue weighted by Gasteiger charge is -2.07. The Hall–Kier alpha value is -2.78. The number of hydrogen-bond donors (Lipinski definition) is 4. The molecule has 0 unspecified atom stereocenters. The molecule has 0 saturated carbocycles. The van der Waals surface area contributed by atoms with Crippen molar-refractivity contribution in [2.45, 2.75) is 6.18 Å². The molecule has 0 radical (unpaired) electrons. The number of alkyl halides is 3. The number of nitrogens with zero attached hydrogens (tertiary/aromatic N) is 1. The van der Waals surface area contributed by atoms with E-state index in [1.807, 2.05) is 0 Å². The third kappa shape index (κ3) is 3.52. The number of carbonyl (C=O) groups is 1. The number of hydrogen-bond acceptors (Lipinski definition) is 4. The Morgan fingerprint density at radius 3 is 2.68 bits per heavy atom. The molecular formula is C15H10ClF3N4O2. The molecule has 6 nitrogen and oxygen atoms in total. The average molecular weight is 371 g/mol. The van der Waals surface area contributed by atoms with Gasteiger partial charge in [0.1, 0.15) is 0 Å². The van der Waals surface area contributed by atoms with Crippen LogP contribution in [0.4, 0.5) is 24.8 Å². The molecule has 4 N–H and O–H groups in total. The molecule has 0 aliphatic heterocycles. The second-order valence-electron chi connectivity index (χ2n) is 5.08. The minimum atomic E-state index is -4.57. The second-order valence-corrected chi connectivity index (χ2v) is 5.49. The van der Waals surface area contributed by atoms with Crippen molar-refractivity contribution in [2.24, 2.45) is 0 Å². The Labute approximate surface area is 143 Å². The summed E-state index contributed by atoms with van der Waals surface area (Å²) >= 11 is 5.67. The number of amides is 1. The first kappa shape index (κ1) is 17.1. The molecule has 3 rings (SSSR count). The summed E-state index contributed by atoms with van der Waals surface area (Å²) in [4.78, 5) is 18.2. The number of imidazole rings is 1. The lowest BCUT2D eigenvalue weighted by atomic mass is 10.2. The van der Waals surface area contributed by atoms with Crippen molar-refractivity contribution in [3.05, 3.63) is 52.5 Å². The average Bonchev–Trinajstić information content (AvgIpc) is 2.93. The minimum Gasteiger partial charge on any atom is -0.326 e. The molecule has 0 fully saturated rings. The van der Waals surface area contributed by atoms with Gasteiger partial charge in [0.15, 0.2) is 0 Å². The Morgan fingerprint density at radius 1 is 1.24 bits per heavy atom. The molecule has 0 saturated heterocycles. The number of anilines is 2. The van der Waals surface area contributed by atoms with Crippen LogP contribution in [0.5, 0.6) is 0 Å². The number of fused-ring (bicyclic) bond motifs is 1. The highest BCUT2D eigenvalue weighted by molar-refractivity contribution is 6.32. The van der Waals surface area contributed by atoms with Crippen LogP contribution in [0.25, 0.3) is 11.0 Å². The third-order valence-electron chi connectivity index (χ3n) is 3.37. The van der Waals surface area contributed by atoms with Gasteiger partial charge in [-0.05, 0) is 30.3 Å². The zero-order valence-corrected chi connectivity index (χ0v) is 13.0. The molecule has 0 aliphatic rings. The van der Waals surface area contributed by atoms with Crippen LogP contribution in [0.3, 0.4) is 0 Å². The highest BCUT2D eigenvalue weighted by atomic mass is 35.5. The lowest BCUT2D eigenvalue weighted by Crippen LogP contribution is -2.18. The van der Waals surface area contributed by atoms with Crippen molar-refractivity contribution < 1.29 is 23.2 Å². The lowest BCUT2D eigenvalue weighted by molar-refractivity contribution is -0.137. The van der Waals surface area contributed by atoms with E-state index in [2.05, 4.69) is 15.3 Å². The maximum absolute atomic E-state index is 12.9. The summed E-state index contributed by atoms with van der Waals surface area (Å²) in [5.41, 5.74) is 1.59. The smallest absolute Gasteiger partial charge is 0.326 e. The van der Waals surface area contributed by atoms with Gasteiger partial charge < -0.3 is 10.3 Å². The quantitative estimate of drug-likeness (QED) is 0.413. The Balaban J connectivity index is 1.94. The number of aromatic amines is 1. The van der Waals surface area contributed by atoms with Crippen molar-refractivity contribution in [3.63, 3.8) is 0 Å². The zero-order valence-electron chi connectivity index (χ0n) is 12.3. The van der Waals surface area contributed by atoms with Gasteiger partial charge in [-0.3, -0.25) is 10.0 Å². The third-order valence-corrected chi connectivity index (χ3v) is 3.68. The SMILES string of the molecule is O=C(NO)c1cccc(Nc2nc3cc(Cl)c(C(F)(F)F)cc3[nH]2)c1. The first-order valence-corrected chi connectivity index (χ1v) is 7.23. The second kappa shape index (κ2) is 6.26. The molecule has 3 aromatic rings. The summed E-state index contributed by atoms with van der Waals surface area (Å²) in [6.45, 7) is 0. The van der Waals surface area contributed by atoms with E-state index in [1.165, 1.54) is 17.6 Å². The van der Waals surface area contributed by atoms with E-state index in [9.17, 15) is 18.0 Å². The van der Waals surface area contributed by atoms with E-state index < -0.39 is 22.7 Å². The highest BCUT2D eigenvalue weighted by Gasteiger charge is 2.33. The number of benzene rings is 2. The van der Waals surface area contributed by atoms with Gasteiger partial charge in [-0.25, -0.2) is 10.5 Å². The largest absolute Gasteiger partial charge is 0.417 e. The number of nitrogens with one attached hydrogen (secondary N) is 3. The first-order valence-electron chi connectivity index (χ1n) is 6.86. The number of rotatable bonds is 3. The van der Waals surface area contributed by atoms with E-state index in [1.54, 1.807) is 12.1 Å². The van der Waals surface area contributed by atoms with Gasteiger partial charge in [-0.1, -0.05) is 17.7 Å². The summed E-state index contributed by atoms with van der Waals surface area (Å²) in [7, 11) is 0. The molecule has 0 atom stereocenters. The normalized spacial score (nSPS) is 11.6. The predicted molar refractivity (Wildman–Crippen MR) is 85.1 cm³/mol. The molecule has 1 aromatic heterocycles. The molecule has 2 aromatic carbocycles. The molecule has 130 valence electrons. The Kier molecular flexibility index (Phi) is 4.27. The van der Waals surface area contributed by atoms with Crippen molar-refractivity contribution >= 4 is 40.2 Å². The molecular weight excluding hydrogens is 361 g/mol. The van der Waals surface area contributed by atoms with Gasteiger partial charge >= 0.3 is 6.18 Å². The van der Waals surface area contributed by atoms with Crippen LogP contribution < -0.4 is 10.8 Å². The summed E-state index contributed by atoms with van der Waals surface area (Å²) in [6.07, 6.45) is -4.57. The standard InChI is InChI=1S/C15H10ClF3N4O2/c16-10-6-12-11(5-9(10)15(17,18)19)21-14(22-12)20-8-3-1-2-7(4-8)13(24)23-25/h1-6,25H,(H,23,24)(H2,20,21,22). The fraction of sp³-hybridized carbons (Fsp3) is 0.0667. The van der Waals surface area contributed by atoms with E-state index in [0.29, 0.717) is 5.69 Å². The van der Waals surface area contributed by atoms with Crippen molar-refractivity contribution in [1.29, 1.82) is 0 Å². The molecule has 25 heavy (non-hydrogen) atoms. The van der Waals surface area contributed by atoms with E-state index in [0.717, 1.165) is 12.1 Å². The van der Waals surface area contributed by atoms with Crippen LogP contribution >= 0.6 is 11.6 Å². The van der Waals surface area contributed by atoms with Gasteiger partial charge in [0.2, 0.25) is 5.95 Å². The van der Waals surface area contributed by atoms with Crippen LogP contribution in [0, 0.1) is 0 Å². The number of aromatic nitrogens is 2. The van der Waals surface area contributed by atoms with Crippen LogP contribution in [0.2, 0.25) is 5.02 Å². The zero-order chi connectivity index (χ0) is 18.2. The van der Waals surface area contributed by atoms with E-state index >= 15 is 0 Å². The summed E-state index contributed by atoms with van der Waals surface area (Å²) in [5.74, 6) is -0.526. The predicted octanol–water partition coefficient (Wildman–Crippen LogP) is 4.10. The maximum Gasteiger partial charge on any atom is 0.417 e. The molecule has 0 spiro atoms. The topological polar surface area (TPSA) is 90.0 Å². The van der Waals surface area contributed by atoms with Crippen LogP contribution in [-0.2, 0) is 6.18 Å². The minimum absolute atomic E-state index is 0.156. The number of hydroxylamine groups is 1. The van der Waals surface area contributed by atoms with Crippen molar-refractivity contribution in [3.8, 4) is 0 Å². The van der Waals surface area contributed by atoms with Gasteiger partial charge in [0.25, 0.3) is 5.91 Å². The van der Waals surface area contributed by atoms with Gasteiger partial charge in [0, 0.05) is 11.3 Å². The summed E-state index contributed by atoms with van der Waals surface area (Å²) < 4.78 is 38.7. The van der Waals surface area contributed by atoms with Gasteiger partial charge in [-0.15, -0.1) is 0 Å². The number of carbonyl (C=O) groups excluding carboxylic acids is 1. The molecule has 0 aliphatic carbocycles. The first-order chi connectivity index (χ1) is 11.8. The molecule has 10 heteroatoms. The number of halogens is 4. The highest BCUT2D eigenvalue weighted by Crippen LogP contribution is 2.37. The Bertz CT molecular complexity index is 956. The number of H-pyrrole nitrogens is 1. The Morgan fingerprint density at radius 2 is 2.00 bits per heavy atom. The van der Waals surface area contributed by atoms with Crippen LogP contribution in [-0.4, -0.2) is 21.1 Å². The molecule has 1 heterocycles. The van der Waals surface area contributed by atoms with Crippen LogP contribution in [0.1, 0.15) is 15.9 Å². The van der Waals surface area contributed by atoms with E-state index in [4.69, 9.17) is 16.8 Å². The summed E-state index contributed by atoms with van der Waals surface area (Å²) in [5, 5.41) is 11.0. The summed E-state index contributed by atoms with van der Waals surface area (Å²) in [6, 6.07) is 8.10. The van der Waals surface area contributed by atoms with Gasteiger partial charge in [0.05, 0.1) is 21.6 Å². The maximum atomic E-state index is 12.9. The van der Waals surface area contributed by atoms with E-state index in [-0.39, 0.29) is 22.5 Å². The molecule has 1 amide bonds. The fourth-order valence-corrected chi connectivity index (χ4v) is 2.51. The monoisotopic (exact) mass is 370 g/mol. The van der Waals surface area contributed by atoms with Crippen molar-refractivity contribution in [2.75, 3.05) is 5.32 Å². The molecule has 0 bridgehead atoms. The fourth-order valence-electron chi connectivity index (χ4n) is 2.25. The van der Waals surface area contributed by atoms with Gasteiger partial charge in [-0.2, -0.15) is 13.2 Å². The van der Waals surface area contributed by atoms with Crippen molar-refractivity contribution in [1.82, 2.24) is 15.4 Å².